The molecule has 21 heavy (non-hydrogen) atoms. The quantitative estimate of drug-likeness (QED) is 0.828. The molecule has 1 unspecified atom stereocenters. The molecule has 0 spiro atoms. The highest BCUT2D eigenvalue weighted by molar-refractivity contribution is 7.91. The SMILES string of the molecule is CCCc1cc(C(=O)O)cc(NCC2CCS(=O)(=O)C2)n1. The Kier molecular flexibility index (Phi) is 4.82. The number of aromatic carboxylic acids is 1. The molecule has 1 aliphatic rings. The molecule has 1 saturated heterocycles. The minimum atomic E-state index is -2.89. The highest BCUT2D eigenvalue weighted by atomic mass is 32.2. The van der Waals surface area contributed by atoms with E-state index in [0.717, 1.165) is 12.1 Å². The first-order chi connectivity index (χ1) is 9.89. The fourth-order valence-electron chi connectivity index (χ4n) is 2.47. The molecule has 1 aliphatic heterocycles. The van der Waals surface area contributed by atoms with Crippen LogP contribution in [0.2, 0.25) is 0 Å². The van der Waals surface area contributed by atoms with Gasteiger partial charge in [0.25, 0.3) is 0 Å². The number of carboxylic acid groups (broad SMARTS) is 1. The Bertz CT molecular complexity index is 628. The molecule has 0 bridgehead atoms. The summed E-state index contributed by atoms with van der Waals surface area (Å²) in [5.74, 6) is 0.0208. The third-order valence-corrected chi connectivity index (χ3v) is 5.37. The summed E-state index contributed by atoms with van der Waals surface area (Å²) in [6.45, 7) is 2.51. The summed E-state index contributed by atoms with van der Waals surface area (Å²) in [6.07, 6.45) is 2.25. The number of hydrogen-bond donors (Lipinski definition) is 2. The third-order valence-electron chi connectivity index (χ3n) is 3.53. The van der Waals surface area contributed by atoms with Crippen LogP contribution < -0.4 is 5.32 Å². The fraction of sp³-hybridized carbons (Fsp3) is 0.571. The van der Waals surface area contributed by atoms with Crippen molar-refractivity contribution in [3.05, 3.63) is 23.4 Å². The summed E-state index contributed by atoms with van der Waals surface area (Å²) in [4.78, 5) is 15.5. The molecular formula is C14H20N2O4S. The lowest BCUT2D eigenvalue weighted by Gasteiger charge is -2.12. The minimum Gasteiger partial charge on any atom is -0.478 e. The number of aryl methyl sites for hydroxylation is 1. The lowest BCUT2D eigenvalue weighted by atomic mass is 10.1. The van der Waals surface area contributed by atoms with Gasteiger partial charge >= 0.3 is 5.97 Å². The Morgan fingerprint density at radius 1 is 1.48 bits per heavy atom. The van der Waals surface area contributed by atoms with Crippen molar-refractivity contribution in [3.8, 4) is 0 Å². The van der Waals surface area contributed by atoms with Crippen LogP contribution in [0.25, 0.3) is 0 Å². The molecule has 116 valence electrons. The van der Waals surface area contributed by atoms with E-state index in [2.05, 4.69) is 10.3 Å². The van der Waals surface area contributed by atoms with Gasteiger partial charge in [-0.3, -0.25) is 0 Å². The summed E-state index contributed by atoms with van der Waals surface area (Å²) in [5.41, 5.74) is 0.939. The van der Waals surface area contributed by atoms with E-state index in [-0.39, 0.29) is 23.0 Å². The Balaban J connectivity index is 2.06. The number of carboxylic acids is 1. The van der Waals surface area contributed by atoms with Crippen LogP contribution in [0.1, 0.15) is 35.8 Å². The van der Waals surface area contributed by atoms with Gasteiger partial charge in [0, 0.05) is 12.2 Å². The van der Waals surface area contributed by atoms with E-state index < -0.39 is 15.8 Å². The average Bonchev–Trinajstić information content (AvgIpc) is 2.76. The largest absolute Gasteiger partial charge is 0.478 e. The van der Waals surface area contributed by atoms with Gasteiger partial charge < -0.3 is 10.4 Å². The summed E-state index contributed by atoms with van der Waals surface area (Å²) in [6, 6.07) is 3.07. The van der Waals surface area contributed by atoms with E-state index in [4.69, 9.17) is 5.11 Å². The van der Waals surface area contributed by atoms with Gasteiger partial charge in [-0.15, -0.1) is 0 Å². The van der Waals surface area contributed by atoms with Gasteiger partial charge in [0.15, 0.2) is 9.84 Å². The maximum atomic E-state index is 11.4. The van der Waals surface area contributed by atoms with Crippen LogP contribution in [-0.2, 0) is 16.3 Å². The van der Waals surface area contributed by atoms with Gasteiger partial charge in [-0.2, -0.15) is 0 Å². The van der Waals surface area contributed by atoms with Gasteiger partial charge in [-0.1, -0.05) is 13.3 Å². The first-order valence-electron chi connectivity index (χ1n) is 7.08. The molecule has 0 amide bonds. The molecule has 2 rings (SSSR count). The molecule has 0 aromatic carbocycles. The highest BCUT2D eigenvalue weighted by Gasteiger charge is 2.27. The Morgan fingerprint density at radius 3 is 2.81 bits per heavy atom. The monoisotopic (exact) mass is 312 g/mol. The van der Waals surface area contributed by atoms with Crippen LogP contribution >= 0.6 is 0 Å². The molecule has 0 aliphatic carbocycles. The molecule has 1 atom stereocenters. The van der Waals surface area contributed by atoms with Crippen molar-refractivity contribution >= 4 is 21.6 Å². The molecule has 0 radical (unpaired) electrons. The van der Waals surface area contributed by atoms with Gasteiger partial charge in [0.2, 0.25) is 0 Å². The van der Waals surface area contributed by atoms with E-state index in [9.17, 15) is 13.2 Å². The van der Waals surface area contributed by atoms with Gasteiger partial charge in [0.1, 0.15) is 5.82 Å². The zero-order valence-electron chi connectivity index (χ0n) is 12.0. The molecule has 6 nitrogen and oxygen atoms in total. The van der Waals surface area contributed by atoms with Crippen molar-refractivity contribution in [1.82, 2.24) is 4.98 Å². The van der Waals surface area contributed by atoms with Gasteiger partial charge in [-0.05, 0) is 30.9 Å². The summed E-state index contributed by atoms with van der Waals surface area (Å²) in [5, 5.41) is 12.2. The number of hydrogen-bond acceptors (Lipinski definition) is 5. The molecule has 0 saturated carbocycles. The number of nitrogens with one attached hydrogen (secondary N) is 1. The van der Waals surface area contributed by atoms with Gasteiger partial charge in [-0.25, -0.2) is 18.2 Å². The zero-order valence-corrected chi connectivity index (χ0v) is 12.8. The van der Waals surface area contributed by atoms with Crippen LogP contribution in [0.15, 0.2) is 12.1 Å². The zero-order chi connectivity index (χ0) is 15.5. The number of nitrogens with zero attached hydrogens (tertiary/aromatic N) is 1. The van der Waals surface area contributed by atoms with Crippen LogP contribution in [-0.4, -0.2) is 42.5 Å². The topological polar surface area (TPSA) is 96.4 Å². The molecule has 1 aromatic rings. The third kappa shape index (κ3) is 4.42. The van der Waals surface area contributed by atoms with E-state index >= 15 is 0 Å². The van der Waals surface area contributed by atoms with Crippen molar-refractivity contribution < 1.29 is 18.3 Å². The number of anilines is 1. The van der Waals surface area contributed by atoms with Crippen molar-refractivity contribution in [3.63, 3.8) is 0 Å². The second-order valence-electron chi connectivity index (χ2n) is 5.44. The van der Waals surface area contributed by atoms with E-state index in [1.54, 1.807) is 6.07 Å². The van der Waals surface area contributed by atoms with E-state index in [1.807, 2.05) is 6.92 Å². The molecule has 2 heterocycles. The molecular weight excluding hydrogens is 292 g/mol. The predicted octanol–water partition coefficient (Wildman–Crippen LogP) is 1.58. The van der Waals surface area contributed by atoms with Crippen molar-refractivity contribution in [2.75, 3.05) is 23.4 Å². The smallest absolute Gasteiger partial charge is 0.335 e. The maximum absolute atomic E-state index is 11.4. The Hall–Kier alpha value is -1.63. The van der Waals surface area contributed by atoms with Crippen LogP contribution in [0, 0.1) is 5.92 Å². The first kappa shape index (κ1) is 15.8. The standard InChI is InChI=1S/C14H20N2O4S/c1-2-3-12-6-11(14(17)18)7-13(16-12)15-8-10-4-5-21(19,20)9-10/h6-7,10H,2-5,8-9H2,1H3,(H,15,16)(H,17,18). The second-order valence-corrected chi connectivity index (χ2v) is 7.67. The van der Waals surface area contributed by atoms with Crippen molar-refractivity contribution in [2.24, 2.45) is 5.92 Å². The predicted molar refractivity (Wildman–Crippen MR) is 80.4 cm³/mol. The minimum absolute atomic E-state index is 0.0694. The van der Waals surface area contributed by atoms with Crippen LogP contribution in [0.3, 0.4) is 0 Å². The van der Waals surface area contributed by atoms with Gasteiger partial charge in [0.05, 0.1) is 17.1 Å². The highest BCUT2D eigenvalue weighted by Crippen LogP contribution is 2.19. The number of pyridine rings is 1. The van der Waals surface area contributed by atoms with E-state index in [1.165, 1.54) is 6.07 Å². The molecule has 1 fully saturated rings. The van der Waals surface area contributed by atoms with Crippen molar-refractivity contribution in [1.29, 1.82) is 0 Å². The normalized spacial score (nSPS) is 20.3. The lowest BCUT2D eigenvalue weighted by molar-refractivity contribution is 0.0696. The second kappa shape index (κ2) is 6.43. The summed E-state index contributed by atoms with van der Waals surface area (Å²) in [7, 11) is -2.89. The Labute approximate surface area is 124 Å². The maximum Gasteiger partial charge on any atom is 0.335 e. The molecule has 7 heteroatoms. The number of rotatable bonds is 6. The number of sulfone groups is 1. The van der Waals surface area contributed by atoms with Crippen molar-refractivity contribution in [2.45, 2.75) is 26.2 Å². The lowest BCUT2D eigenvalue weighted by Crippen LogP contribution is -2.17. The summed E-state index contributed by atoms with van der Waals surface area (Å²) < 4.78 is 22.8. The Morgan fingerprint density at radius 2 is 2.24 bits per heavy atom. The molecule has 2 N–H and O–H groups in total. The number of carbonyl (C=O) groups is 1. The van der Waals surface area contributed by atoms with Crippen LogP contribution in [0.5, 0.6) is 0 Å². The molecule has 1 aromatic heterocycles. The fourth-order valence-corrected chi connectivity index (χ4v) is 4.33. The van der Waals surface area contributed by atoms with E-state index in [0.29, 0.717) is 25.2 Å². The van der Waals surface area contributed by atoms with Crippen LogP contribution in [0.4, 0.5) is 5.82 Å². The summed E-state index contributed by atoms with van der Waals surface area (Å²) >= 11 is 0. The average molecular weight is 312 g/mol. The number of aromatic nitrogens is 1. The first-order valence-corrected chi connectivity index (χ1v) is 8.90.